The van der Waals surface area contributed by atoms with E-state index in [0.29, 0.717) is 6.54 Å². The van der Waals surface area contributed by atoms with Crippen molar-refractivity contribution in [2.24, 2.45) is 0 Å². The van der Waals surface area contributed by atoms with E-state index in [1.165, 1.54) is 17.7 Å². The lowest BCUT2D eigenvalue weighted by Gasteiger charge is -2.27. The normalized spacial score (nSPS) is 14.7. The molecule has 0 fully saturated rings. The average molecular weight is 284 g/mol. The number of nitrogens with zero attached hydrogens (tertiary/aromatic N) is 1. The van der Waals surface area contributed by atoms with Gasteiger partial charge >= 0.3 is 0 Å². The van der Waals surface area contributed by atoms with Crippen molar-refractivity contribution in [2.75, 3.05) is 18.5 Å². The molecule has 1 aliphatic rings. The first kappa shape index (κ1) is 14.1. The highest BCUT2D eigenvalue weighted by atomic mass is 19.1. The molecular formula is C18H21FN2. The van der Waals surface area contributed by atoms with Crippen molar-refractivity contribution in [3.63, 3.8) is 0 Å². The molecular weight excluding hydrogens is 263 g/mol. The van der Waals surface area contributed by atoms with Gasteiger partial charge in [0.2, 0.25) is 0 Å². The van der Waals surface area contributed by atoms with Crippen molar-refractivity contribution < 1.29 is 4.39 Å². The summed E-state index contributed by atoms with van der Waals surface area (Å²) < 4.78 is 13.6. The highest BCUT2D eigenvalue weighted by molar-refractivity contribution is 5.69. The number of fused-ring (bicyclic) bond motifs is 1. The van der Waals surface area contributed by atoms with E-state index in [4.69, 9.17) is 0 Å². The molecule has 2 aromatic rings. The summed E-state index contributed by atoms with van der Waals surface area (Å²) in [5.41, 5.74) is 4.77. The minimum atomic E-state index is -0.174. The van der Waals surface area contributed by atoms with Crippen molar-refractivity contribution in [1.82, 2.24) is 5.32 Å². The van der Waals surface area contributed by atoms with Crippen LogP contribution >= 0.6 is 0 Å². The number of aryl methyl sites for hydroxylation is 1. The molecule has 1 N–H and O–H groups in total. The molecule has 0 unspecified atom stereocenters. The highest BCUT2D eigenvalue weighted by Gasteiger charge is 2.18. The Kier molecular flexibility index (Phi) is 4.20. The third kappa shape index (κ3) is 2.93. The first-order valence-electron chi connectivity index (χ1n) is 7.58. The molecule has 0 aromatic heterocycles. The fraction of sp³-hybridized carbons (Fsp3) is 0.333. The molecule has 110 valence electrons. The smallest absolute Gasteiger partial charge is 0.123 e. The molecule has 21 heavy (non-hydrogen) atoms. The first-order chi connectivity index (χ1) is 10.3. The van der Waals surface area contributed by atoms with Gasteiger partial charge in [-0.1, -0.05) is 18.2 Å². The Hall–Kier alpha value is -1.87. The zero-order valence-electron chi connectivity index (χ0n) is 12.4. The van der Waals surface area contributed by atoms with Gasteiger partial charge in [0.15, 0.2) is 0 Å². The number of hydrogen-bond donors (Lipinski definition) is 1. The minimum absolute atomic E-state index is 0.174. The molecule has 0 atom stereocenters. The minimum Gasteiger partial charge on any atom is -0.341 e. The fourth-order valence-electron chi connectivity index (χ4n) is 3.09. The van der Waals surface area contributed by atoms with Crippen LogP contribution in [0, 0.1) is 5.82 Å². The van der Waals surface area contributed by atoms with Gasteiger partial charge in [0.05, 0.1) is 0 Å². The van der Waals surface area contributed by atoms with Crippen LogP contribution < -0.4 is 10.2 Å². The lowest BCUT2D eigenvalue weighted by Crippen LogP contribution is -2.21. The van der Waals surface area contributed by atoms with E-state index in [1.807, 2.05) is 13.1 Å². The van der Waals surface area contributed by atoms with Crippen molar-refractivity contribution >= 4 is 11.4 Å². The second-order valence-corrected chi connectivity index (χ2v) is 5.54. The first-order valence-corrected chi connectivity index (χ1v) is 7.58. The van der Waals surface area contributed by atoms with Gasteiger partial charge in [-0.15, -0.1) is 0 Å². The van der Waals surface area contributed by atoms with Crippen molar-refractivity contribution in [1.29, 1.82) is 0 Å². The number of para-hydroxylation sites is 1. The van der Waals surface area contributed by atoms with Crippen LogP contribution in [0.1, 0.15) is 24.0 Å². The highest BCUT2D eigenvalue weighted by Crippen LogP contribution is 2.34. The largest absolute Gasteiger partial charge is 0.341 e. The Bertz CT molecular complexity index is 624. The van der Waals surface area contributed by atoms with Gasteiger partial charge in [-0.3, -0.25) is 0 Å². The molecule has 0 amide bonds. The lowest BCUT2D eigenvalue weighted by atomic mass is 10.1. The van der Waals surface area contributed by atoms with E-state index >= 15 is 0 Å². The number of rotatable bonds is 3. The molecule has 3 rings (SSSR count). The second kappa shape index (κ2) is 6.27. The monoisotopic (exact) mass is 284 g/mol. The molecule has 2 nitrogen and oxygen atoms in total. The maximum Gasteiger partial charge on any atom is 0.123 e. The SMILES string of the molecule is CNCc1cc(F)ccc1N1CCCCc2ccccc21. The summed E-state index contributed by atoms with van der Waals surface area (Å²) in [5, 5.41) is 3.14. The number of nitrogens with one attached hydrogen (secondary N) is 1. The van der Waals surface area contributed by atoms with Gasteiger partial charge in [0.25, 0.3) is 0 Å². The van der Waals surface area contributed by atoms with Gasteiger partial charge in [0, 0.05) is 24.5 Å². The summed E-state index contributed by atoms with van der Waals surface area (Å²) in [6.07, 6.45) is 3.48. The second-order valence-electron chi connectivity index (χ2n) is 5.54. The Morgan fingerprint density at radius 1 is 1.10 bits per heavy atom. The number of anilines is 2. The zero-order chi connectivity index (χ0) is 14.7. The molecule has 0 saturated carbocycles. The van der Waals surface area contributed by atoms with Crippen molar-refractivity contribution in [3.8, 4) is 0 Å². The molecule has 0 spiro atoms. The number of hydrogen-bond acceptors (Lipinski definition) is 2. The predicted molar refractivity (Wildman–Crippen MR) is 85.5 cm³/mol. The summed E-state index contributed by atoms with van der Waals surface area (Å²) in [6, 6.07) is 13.7. The van der Waals surface area contributed by atoms with E-state index in [9.17, 15) is 4.39 Å². The Balaban J connectivity index is 2.07. The molecule has 0 aliphatic carbocycles. The van der Waals surface area contributed by atoms with Crippen LogP contribution in [-0.4, -0.2) is 13.6 Å². The van der Waals surface area contributed by atoms with Gasteiger partial charge in [-0.25, -0.2) is 4.39 Å². The standard InChI is InChI=1S/C18H21FN2/c1-20-13-15-12-16(19)9-10-18(15)21-11-5-4-7-14-6-2-3-8-17(14)21/h2-3,6,8-10,12,20H,4-5,7,11,13H2,1H3. The van der Waals surface area contributed by atoms with E-state index < -0.39 is 0 Å². The third-order valence-corrected chi connectivity index (χ3v) is 4.06. The predicted octanol–water partition coefficient (Wildman–Crippen LogP) is 4.02. The Morgan fingerprint density at radius 2 is 1.95 bits per heavy atom. The van der Waals surface area contributed by atoms with Crippen molar-refractivity contribution in [2.45, 2.75) is 25.8 Å². The zero-order valence-corrected chi connectivity index (χ0v) is 12.4. The van der Waals surface area contributed by atoms with Crippen LogP contribution in [0.2, 0.25) is 0 Å². The van der Waals surface area contributed by atoms with E-state index in [0.717, 1.165) is 30.6 Å². The van der Waals surface area contributed by atoms with Crippen LogP contribution in [0.3, 0.4) is 0 Å². The third-order valence-electron chi connectivity index (χ3n) is 4.06. The summed E-state index contributed by atoms with van der Waals surface area (Å²) in [7, 11) is 1.89. The van der Waals surface area contributed by atoms with Gasteiger partial charge < -0.3 is 10.2 Å². The van der Waals surface area contributed by atoms with Gasteiger partial charge in [0.1, 0.15) is 5.82 Å². The van der Waals surface area contributed by atoms with Gasteiger partial charge in [-0.05, 0) is 61.7 Å². The van der Waals surface area contributed by atoms with Crippen molar-refractivity contribution in [3.05, 3.63) is 59.4 Å². The summed E-state index contributed by atoms with van der Waals surface area (Å²) >= 11 is 0. The Morgan fingerprint density at radius 3 is 2.81 bits per heavy atom. The lowest BCUT2D eigenvalue weighted by molar-refractivity contribution is 0.623. The molecule has 1 heterocycles. The van der Waals surface area contributed by atoms with Crippen LogP contribution in [0.25, 0.3) is 0 Å². The topological polar surface area (TPSA) is 15.3 Å². The molecule has 2 aromatic carbocycles. The van der Waals surface area contributed by atoms with Crippen LogP contribution in [0.4, 0.5) is 15.8 Å². The van der Waals surface area contributed by atoms with Gasteiger partial charge in [-0.2, -0.15) is 0 Å². The van der Waals surface area contributed by atoms with E-state index in [-0.39, 0.29) is 5.82 Å². The number of benzene rings is 2. The molecule has 0 radical (unpaired) electrons. The molecule has 1 aliphatic heterocycles. The quantitative estimate of drug-likeness (QED) is 0.915. The fourth-order valence-corrected chi connectivity index (χ4v) is 3.09. The molecule has 0 saturated heterocycles. The number of halogens is 1. The summed E-state index contributed by atoms with van der Waals surface area (Å²) in [4.78, 5) is 2.34. The summed E-state index contributed by atoms with van der Waals surface area (Å²) in [6.45, 7) is 1.66. The molecule has 0 bridgehead atoms. The average Bonchev–Trinajstić information content (AvgIpc) is 2.70. The summed E-state index contributed by atoms with van der Waals surface area (Å²) in [5.74, 6) is -0.174. The maximum atomic E-state index is 13.6. The maximum absolute atomic E-state index is 13.6. The molecule has 3 heteroatoms. The van der Waals surface area contributed by atoms with E-state index in [1.54, 1.807) is 12.1 Å². The Labute approximate surface area is 125 Å². The van der Waals surface area contributed by atoms with Crippen LogP contribution in [0.15, 0.2) is 42.5 Å². The van der Waals surface area contributed by atoms with Crippen LogP contribution in [0.5, 0.6) is 0 Å². The van der Waals surface area contributed by atoms with E-state index in [2.05, 4.69) is 34.5 Å². The van der Waals surface area contributed by atoms with Crippen LogP contribution in [-0.2, 0) is 13.0 Å².